The van der Waals surface area contributed by atoms with E-state index < -0.39 is 0 Å². The van der Waals surface area contributed by atoms with Gasteiger partial charge in [0.1, 0.15) is 0 Å². The molecule has 0 saturated heterocycles. The average Bonchev–Trinajstić information content (AvgIpc) is 2.15. The summed E-state index contributed by atoms with van der Waals surface area (Å²) >= 11 is 0. The third-order valence-electron chi connectivity index (χ3n) is 1.96. The maximum absolute atomic E-state index is 9.19. The highest BCUT2D eigenvalue weighted by molar-refractivity contribution is 5.79. The highest BCUT2D eigenvalue weighted by atomic mass is 16.3. The Labute approximate surface area is 78.9 Å². The van der Waals surface area contributed by atoms with Crippen molar-refractivity contribution in [3.63, 3.8) is 0 Å². The molecule has 0 aliphatic carbocycles. The van der Waals surface area contributed by atoms with Crippen molar-refractivity contribution in [2.75, 3.05) is 0 Å². The summed E-state index contributed by atoms with van der Waals surface area (Å²) in [5, 5.41) is 9.19. The molecular formula is C11H15NO. The second kappa shape index (κ2) is 4.77. The van der Waals surface area contributed by atoms with Crippen LogP contribution in [0.3, 0.4) is 0 Å². The number of benzene rings is 1. The van der Waals surface area contributed by atoms with E-state index in [1.807, 2.05) is 37.3 Å². The van der Waals surface area contributed by atoms with E-state index in [2.05, 4.69) is 4.99 Å². The molecular weight excluding hydrogens is 162 g/mol. The summed E-state index contributed by atoms with van der Waals surface area (Å²) in [6, 6.07) is 9.83. The van der Waals surface area contributed by atoms with Crippen LogP contribution in [0.15, 0.2) is 35.3 Å². The Kier molecular flexibility index (Phi) is 3.65. The summed E-state index contributed by atoms with van der Waals surface area (Å²) in [7, 11) is 0. The van der Waals surface area contributed by atoms with Gasteiger partial charge in [-0.3, -0.25) is 4.99 Å². The van der Waals surface area contributed by atoms with Gasteiger partial charge in [0, 0.05) is 6.21 Å². The smallest absolute Gasteiger partial charge is 0.0732 e. The Morgan fingerprint density at radius 2 is 1.85 bits per heavy atom. The van der Waals surface area contributed by atoms with Crippen LogP contribution in [0.4, 0.5) is 0 Å². The zero-order valence-electron chi connectivity index (χ0n) is 8.01. The van der Waals surface area contributed by atoms with Gasteiger partial charge in [0.15, 0.2) is 0 Å². The molecule has 0 spiro atoms. The lowest BCUT2D eigenvalue weighted by atomic mass is 10.2. The van der Waals surface area contributed by atoms with Gasteiger partial charge in [-0.25, -0.2) is 0 Å². The summed E-state index contributed by atoms with van der Waals surface area (Å²) in [4.78, 5) is 4.22. The number of rotatable bonds is 3. The number of nitrogens with zero attached hydrogens (tertiary/aromatic N) is 1. The Morgan fingerprint density at radius 3 is 2.38 bits per heavy atom. The van der Waals surface area contributed by atoms with Crippen molar-refractivity contribution in [2.45, 2.75) is 26.0 Å². The molecule has 2 atom stereocenters. The fourth-order valence-electron chi connectivity index (χ4n) is 0.867. The van der Waals surface area contributed by atoms with E-state index in [1.165, 1.54) is 0 Å². The van der Waals surface area contributed by atoms with E-state index in [9.17, 15) is 5.11 Å². The zero-order valence-corrected chi connectivity index (χ0v) is 8.01. The van der Waals surface area contributed by atoms with Gasteiger partial charge in [-0.2, -0.15) is 0 Å². The van der Waals surface area contributed by atoms with Crippen LogP contribution in [0.2, 0.25) is 0 Å². The van der Waals surface area contributed by atoms with Crippen molar-refractivity contribution in [1.29, 1.82) is 0 Å². The Morgan fingerprint density at radius 1 is 1.23 bits per heavy atom. The van der Waals surface area contributed by atoms with Crippen molar-refractivity contribution >= 4 is 6.21 Å². The van der Waals surface area contributed by atoms with Crippen molar-refractivity contribution in [3.05, 3.63) is 35.9 Å². The number of aliphatic imine (C=N–C) groups is 1. The third-order valence-corrected chi connectivity index (χ3v) is 1.96. The Hall–Kier alpha value is -1.15. The van der Waals surface area contributed by atoms with E-state index in [-0.39, 0.29) is 12.1 Å². The minimum Gasteiger partial charge on any atom is -0.391 e. The zero-order chi connectivity index (χ0) is 9.68. The highest BCUT2D eigenvalue weighted by Crippen LogP contribution is 1.99. The molecule has 0 heterocycles. The van der Waals surface area contributed by atoms with Crippen LogP contribution in [-0.4, -0.2) is 23.5 Å². The van der Waals surface area contributed by atoms with Gasteiger partial charge in [-0.1, -0.05) is 30.3 Å². The van der Waals surface area contributed by atoms with Crippen LogP contribution in [-0.2, 0) is 0 Å². The highest BCUT2D eigenvalue weighted by Gasteiger charge is 2.03. The molecule has 0 fully saturated rings. The number of aliphatic hydroxyl groups excluding tert-OH is 1. The van der Waals surface area contributed by atoms with Gasteiger partial charge < -0.3 is 5.11 Å². The summed E-state index contributed by atoms with van der Waals surface area (Å²) in [5.74, 6) is 0. The summed E-state index contributed by atoms with van der Waals surface area (Å²) in [6.45, 7) is 3.64. The average molecular weight is 177 g/mol. The number of hydrogen-bond donors (Lipinski definition) is 1. The first-order chi connectivity index (χ1) is 6.20. The minimum absolute atomic E-state index is 0.0415. The molecule has 0 radical (unpaired) electrons. The van der Waals surface area contributed by atoms with Gasteiger partial charge in [0.05, 0.1) is 12.1 Å². The fraction of sp³-hybridized carbons (Fsp3) is 0.364. The molecule has 0 aliphatic rings. The quantitative estimate of drug-likeness (QED) is 0.702. The van der Waals surface area contributed by atoms with Crippen LogP contribution >= 0.6 is 0 Å². The Bertz CT molecular complexity index is 267. The second-order valence-electron chi connectivity index (χ2n) is 3.17. The summed E-state index contributed by atoms with van der Waals surface area (Å²) in [5.41, 5.74) is 1.06. The van der Waals surface area contributed by atoms with Gasteiger partial charge in [0.25, 0.3) is 0 Å². The number of aliphatic hydroxyl groups is 1. The van der Waals surface area contributed by atoms with Crippen molar-refractivity contribution in [3.8, 4) is 0 Å². The summed E-state index contributed by atoms with van der Waals surface area (Å²) in [6.07, 6.45) is 1.40. The molecule has 0 aliphatic heterocycles. The lowest BCUT2D eigenvalue weighted by Crippen LogP contribution is -2.16. The molecule has 0 aromatic heterocycles. The van der Waals surface area contributed by atoms with Gasteiger partial charge in [-0.15, -0.1) is 0 Å². The van der Waals surface area contributed by atoms with Crippen LogP contribution < -0.4 is 0 Å². The lowest BCUT2D eigenvalue weighted by molar-refractivity contribution is 0.171. The number of hydrogen-bond acceptors (Lipinski definition) is 2. The van der Waals surface area contributed by atoms with Crippen molar-refractivity contribution < 1.29 is 5.11 Å². The van der Waals surface area contributed by atoms with E-state index in [1.54, 1.807) is 13.1 Å². The SMILES string of the molecule is C[C@@H](O)[C@@H](C)N=Cc1ccccc1. The van der Waals surface area contributed by atoms with Crippen molar-refractivity contribution in [1.82, 2.24) is 0 Å². The third kappa shape index (κ3) is 3.38. The molecule has 2 nitrogen and oxygen atoms in total. The normalized spacial score (nSPS) is 15.9. The van der Waals surface area contributed by atoms with E-state index in [0.717, 1.165) is 5.56 Å². The molecule has 2 heteroatoms. The lowest BCUT2D eigenvalue weighted by Gasteiger charge is -2.07. The standard InChI is InChI=1S/C11H15NO/c1-9(10(2)13)12-8-11-6-4-3-5-7-11/h3-10,13H,1-2H3/t9-,10-/m1/s1. The molecule has 0 saturated carbocycles. The monoisotopic (exact) mass is 177 g/mol. The topological polar surface area (TPSA) is 32.6 Å². The van der Waals surface area contributed by atoms with E-state index >= 15 is 0 Å². The second-order valence-corrected chi connectivity index (χ2v) is 3.17. The predicted molar refractivity (Wildman–Crippen MR) is 55.2 cm³/mol. The molecule has 1 aromatic rings. The summed E-state index contributed by atoms with van der Waals surface area (Å²) < 4.78 is 0. The Balaban J connectivity index is 2.59. The fourth-order valence-corrected chi connectivity index (χ4v) is 0.867. The molecule has 70 valence electrons. The van der Waals surface area contributed by atoms with Crippen LogP contribution in [0.5, 0.6) is 0 Å². The molecule has 1 rings (SSSR count). The van der Waals surface area contributed by atoms with Crippen LogP contribution in [0.1, 0.15) is 19.4 Å². The maximum Gasteiger partial charge on any atom is 0.0732 e. The minimum atomic E-state index is -0.389. The van der Waals surface area contributed by atoms with Gasteiger partial charge in [-0.05, 0) is 19.4 Å². The predicted octanol–water partition coefficient (Wildman–Crippen LogP) is 1.87. The first-order valence-corrected chi connectivity index (χ1v) is 4.46. The van der Waals surface area contributed by atoms with Gasteiger partial charge >= 0.3 is 0 Å². The van der Waals surface area contributed by atoms with Crippen molar-refractivity contribution in [2.24, 2.45) is 4.99 Å². The van der Waals surface area contributed by atoms with Gasteiger partial charge in [0.2, 0.25) is 0 Å². The molecule has 0 bridgehead atoms. The molecule has 1 aromatic carbocycles. The van der Waals surface area contributed by atoms with E-state index in [0.29, 0.717) is 0 Å². The first-order valence-electron chi connectivity index (χ1n) is 4.46. The molecule has 13 heavy (non-hydrogen) atoms. The maximum atomic E-state index is 9.19. The van der Waals surface area contributed by atoms with Crippen LogP contribution in [0, 0.1) is 0 Å². The molecule has 0 unspecified atom stereocenters. The molecule has 0 amide bonds. The first kappa shape index (κ1) is 9.93. The largest absolute Gasteiger partial charge is 0.391 e. The van der Waals surface area contributed by atoms with E-state index in [4.69, 9.17) is 0 Å². The molecule has 1 N–H and O–H groups in total. The van der Waals surface area contributed by atoms with Crippen LogP contribution in [0.25, 0.3) is 0 Å².